The van der Waals surface area contributed by atoms with Crippen molar-refractivity contribution in [2.45, 2.75) is 56.0 Å². The SMILES string of the molecule is CCOc1cccc(C2(OC)OOC23C2CC4CC3CC(OCCO)(C4)C2)c1. The maximum absolute atomic E-state index is 9.27. The van der Waals surface area contributed by atoms with Crippen molar-refractivity contribution >= 4 is 0 Å². The molecule has 6 rings (SSSR count). The number of aliphatic hydroxyl groups excluding tert-OH is 1. The summed E-state index contributed by atoms with van der Waals surface area (Å²) in [5.74, 6) is 1.16. The lowest BCUT2D eigenvalue weighted by atomic mass is 9.45. The molecule has 4 aliphatic carbocycles. The second-order valence-corrected chi connectivity index (χ2v) is 8.84. The lowest BCUT2D eigenvalue weighted by molar-refractivity contribution is -0.647. The van der Waals surface area contributed by atoms with Crippen molar-refractivity contribution < 1.29 is 29.1 Å². The van der Waals surface area contributed by atoms with Crippen molar-refractivity contribution in [1.29, 1.82) is 0 Å². The van der Waals surface area contributed by atoms with E-state index in [9.17, 15) is 5.11 Å². The maximum atomic E-state index is 9.27. The Bertz CT molecular complexity index is 715. The number of methoxy groups -OCH3 is 1. The van der Waals surface area contributed by atoms with E-state index in [0.29, 0.717) is 31.0 Å². The minimum Gasteiger partial charge on any atom is -0.494 e. The van der Waals surface area contributed by atoms with Gasteiger partial charge in [-0.25, -0.2) is 4.89 Å². The first kappa shape index (κ1) is 18.8. The van der Waals surface area contributed by atoms with Crippen LogP contribution in [-0.4, -0.2) is 43.2 Å². The van der Waals surface area contributed by atoms with Crippen LogP contribution in [0.25, 0.3) is 0 Å². The van der Waals surface area contributed by atoms with Gasteiger partial charge in [0.2, 0.25) is 0 Å². The Balaban J connectivity index is 1.51. The van der Waals surface area contributed by atoms with Gasteiger partial charge in [-0.2, -0.15) is 4.89 Å². The van der Waals surface area contributed by atoms with Crippen molar-refractivity contribution in [3.8, 4) is 5.75 Å². The first-order chi connectivity index (χ1) is 13.6. The van der Waals surface area contributed by atoms with E-state index in [1.165, 1.54) is 0 Å². The quantitative estimate of drug-likeness (QED) is 0.722. The molecule has 154 valence electrons. The zero-order valence-electron chi connectivity index (χ0n) is 16.7. The van der Waals surface area contributed by atoms with Gasteiger partial charge in [0.1, 0.15) is 5.75 Å². The smallest absolute Gasteiger partial charge is 0.260 e. The number of ether oxygens (including phenoxy) is 3. The Morgan fingerprint density at radius 3 is 2.54 bits per heavy atom. The van der Waals surface area contributed by atoms with Crippen molar-refractivity contribution in [3.05, 3.63) is 29.8 Å². The zero-order valence-corrected chi connectivity index (χ0v) is 16.7. The minimum absolute atomic E-state index is 0.0682. The van der Waals surface area contributed by atoms with E-state index in [2.05, 4.69) is 0 Å². The van der Waals surface area contributed by atoms with Crippen molar-refractivity contribution in [1.82, 2.24) is 0 Å². The van der Waals surface area contributed by atoms with E-state index >= 15 is 0 Å². The fourth-order valence-corrected chi connectivity index (χ4v) is 6.76. The molecule has 1 aliphatic heterocycles. The van der Waals surface area contributed by atoms with Crippen LogP contribution in [0.4, 0.5) is 0 Å². The highest BCUT2D eigenvalue weighted by molar-refractivity contribution is 5.36. The Morgan fingerprint density at radius 1 is 1.14 bits per heavy atom. The van der Waals surface area contributed by atoms with Crippen molar-refractivity contribution in [2.24, 2.45) is 17.8 Å². The van der Waals surface area contributed by atoms with Crippen molar-refractivity contribution in [3.63, 3.8) is 0 Å². The molecule has 1 aromatic rings. The van der Waals surface area contributed by atoms with E-state index < -0.39 is 11.4 Å². The summed E-state index contributed by atoms with van der Waals surface area (Å²) in [7, 11) is 1.71. The van der Waals surface area contributed by atoms with E-state index in [1.54, 1.807) is 7.11 Å². The van der Waals surface area contributed by atoms with Crippen LogP contribution in [0, 0.1) is 17.8 Å². The summed E-state index contributed by atoms with van der Waals surface area (Å²) in [6.45, 7) is 3.07. The van der Waals surface area contributed by atoms with Gasteiger partial charge >= 0.3 is 0 Å². The standard InChI is InChI=1S/C22H30O6/c1-3-25-19-6-4-5-16(11-19)22(24-2)21(27-28-22)17-9-15-10-18(21)14-20(12-15,13-17)26-8-7-23/h4-6,11,15,17-18,23H,3,7-10,12-14H2,1-2H3. The molecule has 3 unspecified atom stereocenters. The topological polar surface area (TPSA) is 66.4 Å². The van der Waals surface area contributed by atoms with Crippen molar-refractivity contribution in [2.75, 3.05) is 26.9 Å². The van der Waals surface area contributed by atoms with Crippen LogP contribution in [0.15, 0.2) is 24.3 Å². The van der Waals surface area contributed by atoms with Gasteiger partial charge in [0.25, 0.3) is 5.79 Å². The maximum Gasteiger partial charge on any atom is 0.260 e. The molecule has 28 heavy (non-hydrogen) atoms. The third-order valence-corrected chi connectivity index (χ3v) is 7.47. The molecule has 1 N–H and O–H groups in total. The summed E-state index contributed by atoms with van der Waals surface area (Å²) >= 11 is 0. The number of aliphatic hydroxyl groups is 1. The molecule has 6 heteroatoms. The van der Waals surface area contributed by atoms with E-state index in [1.807, 2.05) is 31.2 Å². The van der Waals surface area contributed by atoms with E-state index in [-0.39, 0.29) is 12.2 Å². The molecular weight excluding hydrogens is 360 g/mol. The largest absolute Gasteiger partial charge is 0.494 e. The second kappa shape index (κ2) is 6.67. The zero-order chi connectivity index (χ0) is 19.4. The van der Waals surface area contributed by atoms with Crippen LogP contribution in [0.3, 0.4) is 0 Å². The third kappa shape index (κ3) is 2.39. The molecule has 1 saturated heterocycles. The number of benzene rings is 1. The Kier molecular flexibility index (Phi) is 4.49. The van der Waals surface area contributed by atoms with Crippen LogP contribution in [-0.2, 0) is 25.0 Å². The van der Waals surface area contributed by atoms with Crippen LogP contribution >= 0.6 is 0 Å². The summed E-state index contributed by atoms with van der Waals surface area (Å²) in [6, 6.07) is 8.00. The van der Waals surface area contributed by atoms with Crippen LogP contribution in [0.2, 0.25) is 0 Å². The second-order valence-electron chi connectivity index (χ2n) is 8.84. The van der Waals surface area contributed by atoms with Gasteiger partial charge in [0, 0.05) is 24.5 Å². The number of rotatable bonds is 7. The lowest BCUT2D eigenvalue weighted by Gasteiger charge is -2.70. The molecular formula is C22H30O6. The van der Waals surface area contributed by atoms with Gasteiger partial charge in [-0.05, 0) is 57.1 Å². The van der Waals surface area contributed by atoms with E-state index in [4.69, 9.17) is 24.0 Å². The average Bonchev–Trinajstić information content (AvgIpc) is 2.67. The van der Waals surface area contributed by atoms with Gasteiger partial charge in [0.15, 0.2) is 5.60 Å². The van der Waals surface area contributed by atoms with Gasteiger partial charge in [0.05, 0.1) is 25.4 Å². The molecule has 1 heterocycles. The van der Waals surface area contributed by atoms with Gasteiger partial charge in [-0.1, -0.05) is 12.1 Å². The molecule has 1 spiro atoms. The summed E-state index contributed by atoms with van der Waals surface area (Å²) in [6.07, 6.45) is 5.18. The first-order valence-corrected chi connectivity index (χ1v) is 10.5. The predicted octanol–water partition coefficient (Wildman–Crippen LogP) is 3.17. The van der Waals surface area contributed by atoms with Gasteiger partial charge < -0.3 is 19.3 Å². The van der Waals surface area contributed by atoms with Crippen LogP contribution in [0.5, 0.6) is 5.75 Å². The number of hydrogen-bond acceptors (Lipinski definition) is 6. The highest BCUT2D eigenvalue weighted by Crippen LogP contribution is 2.70. The molecule has 4 saturated carbocycles. The Morgan fingerprint density at radius 2 is 1.93 bits per heavy atom. The molecule has 3 atom stereocenters. The highest BCUT2D eigenvalue weighted by atomic mass is 17.3. The van der Waals surface area contributed by atoms with Gasteiger partial charge in [-0.15, -0.1) is 0 Å². The normalized spacial score (nSPS) is 43.3. The highest BCUT2D eigenvalue weighted by Gasteiger charge is 2.78. The molecule has 5 fully saturated rings. The molecule has 0 amide bonds. The van der Waals surface area contributed by atoms with E-state index in [0.717, 1.165) is 43.4 Å². The summed E-state index contributed by atoms with van der Waals surface area (Å²) in [5.41, 5.74) is 0.330. The first-order valence-electron chi connectivity index (χ1n) is 10.5. The number of hydrogen-bond donors (Lipinski definition) is 1. The van der Waals surface area contributed by atoms with Crippen LogP contribution in [0.1, 0.15) is 44.6 Å². The molecule has 0 aromatic heterocycles. The molecule has 1 aromatic carbocycles. The third-order valence-electron chi connectivity index (χ3n) is 7.47. The predicted molar refractivity (Wildman–Crippen MR) is 101 cm³/mol. The Labute approximate surface area is 166 Å². The Hall–Kier alpha value is -1.18. The summed E-state index contributed by atoms with van der Waals surface area (Å²) in [5, 5.41) is 9.27. The minimum atomic E-state index is -0.916. The molecule has 0 radical (unpaired) electrons. The fourth-order valence-electron chi connectivity index (χ4n) is 6.76. The molecule has 4 bridgehead atoms. The monoisotopic (exact) mass is 390 g/mol. The molecule has 5 aliphatic rings. The average molecular weight is 390 g/mol. The summed E-state index contributed by atoms with van der Waals surface area (Å²) in [4.78, 5) is 11.9. The van der Waals surface area contributed by atoms with Crippen LogP contribution < -0.4 is 4.74 Å². The lowest BCUT2D eigenvalue weighted by Crippen LogP contribution is -2.78. The fraction of sp³-hybridized carbons (Fsp3) is 0.727. The summed E-state index contributed by atoms with van der Waals surface area (Å²) < 4.78 is 18.0. The van der Waals surface area contributed by atoms with Gasteiger partial charge in [-0.3, -0.25) is 0 Å². The molecule has 6 nitrogen and oxygen atoms in total.